The monoisotopic (exact) mass is 331 g/mol. The van der Waals surface area contributed by atoms with Gasteiger partial charge in [-0.2, -0.15) is 4.98 Å². The fraction of sp³-hybridized carbons (Fsp3) is 0.842. The lowest BCUT2D eigenvalue weighted by atomic mass is 9.79. The fourth-order valence-electron chi connectivity index (χ4n) is 5.39. The number of carbonyl (C=O) groups excluding carboxylic acids is 1. The largest absolute Gasteiger partial charge is 0.353 e. The van der Waals surface area contributed by atoms with Gasteiger partial charge >= 0.3 is 0 Å². The second-order valence-electron chi connectivity index (χ2n) is 9.09. The van der Waals surface area contributed by atoms with Crippen molar-refractivity contribution in [2.45, 2.75) is 77.2 Å². The van der Waals surface area contributed by atoms with Crippen LogP contribution in [0.15, 0.2) is 4.52 Å². The molecule has 4 rings (SSSR count). The fourth-order valence-corrected chi connectivity index (χ4v) is 5.39. The van der Waals surface area contributed by atoms with Crippen LogP contribution in [-0.2, 0) is 16.6 Å². The van der Waals surface area contributed by atoms with Gasteiger partial charge in [-0.15, -0.1) is 0 Å². The van der Waals surface area contributed by atoms with Crippen molar-refractivity contribution in [1.82, 2.24) is 15.5 Å². The van der Waals surface area contributed by atoms with E-state index in [0.717, 1.165) is 23.7 Å². The van der Waals surface area contributed by atoms with Crippen LogP contribution in [0, 0.1) is 23.7 Å². The van der Waals surface area contributed by atoms with Gasteiger partial charge in [-0.3, -0.25) is 4.79 Å². The molecule has 0 aromatic carbocycles. The second-order valence-corrected chi connectivity index (χ2v) is 9.09. The Labute approximate surface area is 144 Å². The Balaban J connectivity index is 1.28. The maximum Gasteiger partial charge on any atom is 0.227 e. The molecule has 0 aliphatic heterocycles. The number of hydrogen-bond acceptors (Lipinski definition) is 4. The minimum Gasteiger partial charge on any atom is -0.353 e. The number of fused-ring (bicyclic) bond motifs is 5. The van der Waals surface area contributed by atoms with Crippen LogP contribution in [-0.4, -0.2) is 22.1 Å². The third-order valence-electron chi connectivity index (χ3n) is 6.48. The van der Waals surface area contributed by atoms with E-state index in [1.54, 1.807) is 0 Å². The summed E-state index contributed by atoms with van der Waals surface area (Å²) in [5.41, 5.74) is -0.120. The number of rotatable bonds is 4. The van der Waals surface area contributed by atoms with Crippen LogP contribution in [0.1, 0.15) is 71.0 Å². The van der Waals surface area contributed by atoms with Crippen LogP contribution in [0.3, 0.4) is 0 Å². The number of amides is 1. The van der Waals surface area contributed by atoms with E-state index in [1.165, 1.54) is 32.1 Å². The summed E-state index contributed by atoms with van der Waals surface area (Å²) in [6.07, 6.45) is 7.73. The lowest BCUT2D eigenvalue weighted by molar-refractivity contribution is -0.122. The zero-order valence-corrected chi connectivity index (χ0v) is 15.0. The molecule has 3 fully saturated rings. The summed E-state index contributed by atoms with van der Waals surface area (Å²) in [4.78, 5) is 16.8. The Bertz CT molecular complexity index is 618. The maximum atomic E-state index is 12.3. The molecule has 1 aromatic rings. The van der Waals surface area contributed by atoms with Crippen LogP contribution in [0.2, 0.25) is 0 Å². The summed E-state index contributed by atoms with van der Waals surface area (Å²) in [5.74, 6) is 4.88. The van der Waals surface area contributed by atoms with Crippen molar-refractivity contribution in [3.05, 3.63) is 11.7 Å². The molecule has 132 valence electrons. The van der Waals surface area contributed by atoms with Gasteiger partial charge in [-0.25, -0.2) is 0 Å². The molecule has 5 heteroatoms. The minimum absolute atomic E-state index is 0.120. The number of nitrogens with zero attached hydrogens (tertiary/aromatic N) is 2. The lowest BCUT2D eigenvalue weighted by Crippen LogP contribution is -2.42. The van der Waals surface area contributed by atoms with Gasteiger partial charge in [-0.05, 0) is 49.4 Å². The predicted octanol–water partition coefficient (Wildman–Crippen LogP) is 3.24. The Morgan fingerprint density at radius 3 is 2.75 bits per heavy atom. The number of nitrogens with one attached hydrogen (secondary N) is 1. The highest BCUT2D eigenvalue weighted by Crippen LogP contribution is 2.58. The van der Waals surface area contributed by atoms with Gasteiger partial charge < -0.3 is 9.84 Å². The maximum absolute atomic E-state index is 12.3. The molecule has 3 aliphatic rings. The highest BCUT2D eigenvalue weighted by atomic mass is 16.5. The molecule has 3 saturated carbocycles. The molecule has 0 unspecified atom stereocenters. The number of hydrogen-bond donors (Lipinski definition) is 1. The third kappa shape index (κ3) is 2.86. The molecular weight excluding hydrogens is 302 g/mol. The molecule has 5 atom stereocenters. The Hall–Kier alpha value is -1.39. The van der Waals surface area contributed by atoms with E-state index in [1.807, 2.05) is 0 Å². The zero-order chi connectivity index (χ0) is 16.9. The molecular formula is C19H29N3O2. The SMILES string of the molecule is CC(C)(C)c1noc(CCC(=O)N[C@@H]2C[C@H]3C[C@H]2[C@@H]2CCC[C@@H]32)n1. The number of aromatic nitrogens is 2. The number of carbonyl (C=O) groups is 1. The van der Waals surface area contributed by atoms with E-state index in [2.05, 4.69) is 36.2 Å². The predicted molar refractivity (Wildman–Crippen MR) is 90.3 cm³/mol. The Morgan fingerprint density at radius 1 is 1.21 bits per heavy atom. The molecule has 0 spiro atoms. The van der Waals surface area contributed by atoms with Gasteiger partial charge in [0.15, 0.2) is 5.82 Å². The normalized spacial score (nSPS) is 34.5. The first kappa shape index (κ1) is 16.1. The summed E-state index contributed by atoms with van der Waals surface area (Å²) < 4.78 is 5.28. The van der Waals surface area contributed by atoms with E-state index < -0.39 is 0 Å². The first-order valence-electron chi connectivity index (χ1n) is 9.54. The van der Waals surface area contributed by atoms with E-state index >= 15 is 0 Å². The van der Waals surface area contributed by atoms with Crippen molar-refractivity contribution in [2.75, 3.05) is 0 Å². The van der Waals surface area contributed by atoms with Crippen molar-refractivity contribution in [2.24, 2.45) is 23.7 Å². The van der Waals surface area contributed by atoms with E-state index in [9.17, 15) is 4.79 Å². The smallest absolute Gasteiger partial charge is 0.227 e. The van der Waals surface area contributed by atoms with E-state index in [4.69, 9.17) is 4.52 Å². The minimum atomic E-state index is -0.120. The molecule has 1 amide bonds. The summed E-state index contributed by atoms with van der Waals surface area (Å²) in [7, 11) is 0. The van der Waals surface area contributed by atoms with Crippen molar-refractivity contribution < 1.29 is 9.32 Å². The van der Waals surface area contributed by atoms with Crippen molar-refractivity contribution in [3.63, 3.8) is 0 Å². The topological polar surface area (TPSA) is 68.0 Å². The van der Waals surface area contributed by atoms with Crippen molar-refractivity contribution in [1.29, 1.82) is 0 Å². The second kappa shape index (κ2) is 5.85. The zero-order valence-electron chi connectivity index (χ0n) is 15.0. The molecule has 1 heterocycles. The van der Waals surface area contributed by atoms with Gasteiger partial charge in [-0.1, -0.05) is 32.3 Å². The number of aryl methyl sites for hydroxylation is 1. The lowest BCUT2D eigenvalue weighted by Gasteiger charge is -2.32. The molecule has 1 aromatic heterocycles. The van der Waals surface area contributed by atoms with E-state index in [-0.39, 0.29) is 11.3 Å². The standard InChI is InChI=1S/C19H29N3O2/c1-19(2,3)18-21-17(24-22-18)8-7-16(23)20-15-10-11-9-14(15)13-6-4-5-12(11)13/h11-15H,4-10H2,1-3H3,(H,20,23)/t11-,12+,13-,14+,15-/m1/s1. The molecule has 3 aliphatic carbocycles. The highest BCUT2D eigenvalue weighted by molar-refractivity contribution is 5.76. The van der Waals surface area contributed by atoms with Crippen LogP contribution in [0.5, 0.6) is 0 Å². The molecule has 24 heavy (non-hydrogen) atoms. The van der Waals surface area contributed by atoms with E-state index in [0.29, 0.717) is 30.6 Å². The first-order chi connectivity index (χ1) is 11.4. The molecule has 2 bridgehead atoms. The summed E-state index contributed by atoms with van der Waals surface area (Å²) >= 11 is 0. The average Bonchev–Trinajstić information content (AvgIpc) is 3.25. The Morgan fingerprint density at radius 2 is 2.00 bits per heavy atom. The van der Waals surface area contributed by atoms with Crippen molar-refractivity contribution in [3.8, 4) is 0 Å². The van der Waals surface area contributed by atoms with Gasteiger partial charge in [0.05, 0.1) is 0 Å². The van der Waals surface area contributed by atoms with Crippen LogP contribution < -0.4 is 5.32 Å². The molecule has 5 nitrogen and oxygen atoms in total. The molecule has 0 saturated heterocycles. The summed E-state index contributed by atoms with van der Waals surface area (Å²) in [6, 6.07) is 0.412. The van der Waals surface area contributed by atoms with Gasteiger partial charge in [0, 0.05) is 24.3 Å². The van der Waals surface area contributed by atoms with Gasteiger partial charge in [0.2, 0.25) is 11.8 Å². The van der Waals surface area contributed by atoms with Crippen molar-refractivity contribution >= 4 is 5.91 Å². The molecule has 1 N–H and O–H groups in total. The van der Waals surface area contributed by atoms with Gasteiger partial charge in [0.1, 0.15) is 0 Å². The van der Waals surface area contributed by atoms with Gasteiger partial charge in [0.25, 0.3) is 0 Å². The molecule has 0 radical (unpaired) electrons. The van der Waals surface area contributed by atoms with Crippen LogP contribution >= 0.6 is 0 Å². The highest BCUT2D eigenvalue weighted by Gasteiger charge is 2.53. The summed E-state index contributed by atoms with van der Waals surface area (Å²) in [5, 5.41) is 7.32. The summed E-state index contributed by atoms with van der Waals surface area (Å²) in [6.45, 7) is 6.17. The van der Waals surface area contributed by atoms with Crippen LogP contribution in [0.4, 0.5) is 0 Å². The third-order valence-corrected chi connectivity index (χ3v) is 6.48. The van der Waals surface area contributed by atoms with Crippen LogP contribution in [0.25, 0.3) is 0 Å². The average molecular weight is 331 g/mol. The first-order valence-corrected chi connectivity index (χ1v) is 9.54. The quantitative estimate of drug-likeness (QED) is 0.919. The Kier molecular flexibility index (Phi) is 3.92.